The van der Waals surface area contributed by atoms with Gasteiger partial charge in [0.05, 0.1) is 12.0 Å². The van der Waals surface area contributed by atoms with E-state index in [0.717, 1.165) is 5.69 Å². The third-order valence-corrected chi connectivity index (χ3v) is 3.42. The van der Waals surface area contributed by atoms with E-state index in [1.807, 2.05) is 17.8 Å². The van der Waals surface area contributed by atoms with E-state index >= 15 is 0 Å². The molecule has 2 amide bonds. The molecule has 3 N–H and O–H groups in total. The van der Waals surface area contributed by atoms with Gasteiger partial charge in [-0.3, -0.25) is 0 Å². The van der Waals surface area contributed by atoms with Gasteiger partial charge in [-0.15, -0.1) is 0 Å². The summed E-state index contributed by atoms with van der Waals surface area (Å²) >= 11 is 0. The summed E-state index contributed by atoms with van der Waals surface area (Å²) in [6, 6.07) is -0.0673. The predicted molar refractivity (Wildman–Crippen MR) is 73.7 cm³/mol. The van der Waals surface area contributed by atoms with Crippen molar-refractivity contribution in [2.45, 2.75) is 25.8 Å². The molecule has 6 heteroatoms. The maximum Gasteiger partial charge on any atom is 0.317 e. The molecule has 1 fully saturated rings. The number of likely N-dealkylation sites (tertiary alicyclic amines) is 1. The summed E-state index contributed by atoms with van der Waals surface area (Å²) in [5.74, 6) is 0.581. The van der Waals surface area contributed by atoms with Gasteiger partial charge in [-0.2, -0.15) is 0 Å². The number of nitrogens with zero attached hydrogens (tertiary/aromatic N) is 3. The lowest BCUT2D eigenvalue weighted by Gasteiger charge is -2.17. The number of hydrogen-bond donors (Lipinski definition) is 2. The molecule has 0 aliphatic carbocycles. The quantitative estimate of drug-likeness (QED) is 0.836. The van der Waals surface area contributed by atoms with Crippen LogP contribution in [0.5, 0.6) is 0 Å². The fraction of sp³-hybridized carbons (Fsp3) is 0.692. The van der Waals surface area contributed by atoms with Crippen molar-refractivity contribution in [1.29, 1.82) is 0 Å². The van der Waals surface area contributed by atoms with Crippen LogP contribution in [0.4, 0.5) is 4.79 Å². The Balaban J connectivity index is 1.95. The Morgan fingerprint density at radius 2 is 2.32 bits per heavy atom. The smallest absolute Gasteiger partial charge is 0.317 e. The van der Waals surface area contributed by atoms with Crippen molar-refractivity contribution >= 4 is 6.03 Å². The predicted octanol–water partition coefficient (Wildman–Crippen LogP) is 0.512. The van der Waals surface area contributed by atoms with Crippen LogP contribution in [0.3, 0.4) is 0 Å². The molecule has 0 unspecified atom stereocenters. The number of urea groups is 1. The number of amides is 2. The lowest BCUT2D eigenvalue weighted by Crippen LogP contribution is -2.41. The normalized spacial score (nSPS) is 23.1. The van der Waals surface area contributed by atoms with E-state index in [4.69, 9.17) is 5.73 Å². The van der Waals surface area contributed by atoms with Gasteiger partial charge >= 0.3 is 6.03 Å². The van der Waals surface area contributed by atoms with E-state index in [1.54, 1.807) is 11.2 Å². The van der Waals surface area contributed by atoms with Gasteiger partial charge in [0.2, 0.25) is 0 Å². The molecule has 1 saturated heterocycles. The van der Waals surface area contributed by atoms with Crippen molar-refractivity contribution in [2.24, 2.45) is 18.7 Å². The van der Waals surface area contributed by atoms with Gasteiger partial charge in [0, 0.05) is 44.8 Å². The highest BCUT2D eigenvalue weighted by atomic mass is 16.2. The van der Waals surface area contributed by atoms with Crippen LogP contribution < -0.4 is 11.1 Å². The average molecular weight is 265 g/mol. The Bertz CT molecular complexity index is 442. The lowest BCUT2D eigenvalue weighted by atomic mass is 10.0. The first kappa shape index (κ1) is 13.9. The zero-order valence-electron chi connectivity index (χ0n) is 11.8. The second-order valence-corrected chi connectivity index (χ2v) is 5.72. The molecule has 106 valence electrons. The first-order valence-electron chi connectivity index (χ1n) is 6.73. The highest BCUT2D eigenvalue weighted by Crippen LogP contribution is 2.24. The minimum absolute atomic E-state index is 0.0254. The molecule has 1 aliphatic heterocycles. The number of carbonyl (C=O) groups is 1. The Morgan fingerprint density at radius 3 is 2.89 bits per heavy atom. The number of rotatable bonds is 3. The first-order valence-corrected chi connectivity index (χ1v) is 6.73. The topological polar surface area (TPSA) is 76.2 Å². The fourth-order valence-electron chi connectivity index (χ4n) is 2.34. The fourth-order valence-corrected chi connectivity index (χ4v) is 2.34. The van der Waals surface area contributed by atoms with E-state index in [0.29, 0.717) is 25.6 Å². The van der Waals surface area contributed by atoms with Crippen molar-refractivity contribution in [2.75, 3.05) is 19.6 Å². The second-order valence-electron chi connectivity index (χ2n) is 5.72. The minimum Gasteiger partial charge on any atom is -0.340 e. The number of carbonyl (C=O) groups excluding carboxylic acids is 1. The van der Waals surface area contributed by atoms with Crippen LogP contribution in [0.25, 0.3) is 0 Å². The van der Waals surface area contributed by atoms with Crippen LogP contribution >= 0.6 is 0 Å². The Labute approximate surface area is 114 Å². The van der Waals surface area contributed by atoms with Crippen molar-refractivity contribution < 1.29 is 4.79 Å². The molecule has 0 aromatic carbocycles. The summed E-state index contributed by atoms with van der Waals surface area (Å²) in [5.41, 5.74) is 7.10. The van der Waals surface area contributed by atoms with Gasteiger partial charge in [-0.1, -0.05) is 13.8 Å². The summed E-state index contributed by atoms with van der Waals surface area (Å²) in [4.78, 5) is 18.1. The van der Waals surface area contributed by atoms with Gasteiger partial charge in [0.15, 0.2) is 0 Å². The van der Waals surface area contributed by atoms with E-state index in [1.165, 1.54) is 0 Å². The molecule has 0 bridgehead atoms. The largest absolute Gasteiger partial charge is 0.340 e. The maximum atomic E-state index is 12.0. The Morgan fingerprint density at radius 1 is 1.58 bits per heavy atom. The van der Waals surface area contributed by atoms with E-state index in [9.17, 15) is 4.79 Å². The molecular formula is C13H23N5O. The molecule has 0 spiro atoms. The number of nitrogens with one attached hydrogen (secondary N) is 1. The van der Waals surface area contributed by atoms with Crippen LogP contribution in [0.15, 0.2) is 12.5 Å². The summed E-state index contributed by atoms with van der Waals surface area (Å²) in [5, 5.41) is 2.93. The zero-order valence-corrected chi connectivity index (χ0v) is 11.8. The average Bonchev–Trinajstić information content (AvgIpc) is 2.92. The summed E-state index contributed by atoms with van der Waals surface area (Å²) in [6.45, 7) is 6.07. The van der Waals surface area contributed by atoms with Gasteiger partial charge in [0.1, 0.15) is 0 Å². The molecule has 0 radical (unpaired) electrons. The number of aryl methyl sites for hydroxylation is 1. The van der Waals surface area contributed by atoms with Crippen LogP contribution in [0.1, 0.15) is 25.5 Å². The molecule has 6 nitrogen and oxygen atoms in total. The standard InChI is InChI=1S/C13H23N5O/c1-9(2)4-15-13(19)18-5-10(11(14)6-18)12-7-17(3)8-16-12/h7-11H,4-6,14H2,1-3H3,(H,15,19)/t10-,11-/m1/s1. The lowest BCUT2D eigenvalue weighted by molar-refractivity contribution is 0.206. The maximum absolute atomic E-state index is 12.0. The number of hydrogen-bond acceptors (Lipinski definition) is 3. The summed E-state index contributed by atoms with van der Waals surface area (Å²) < 4.78 is 1.91. The van der Waals surface area contributed by atoms with Crippen molar-refractivity contribution in [3.63, 3.8) is 0 Å². The molecule has 1 aromatic rings. The number of nitrogens with two attached hydrogens (primary N) is 1. The summed E-state index contributed by atoms with van der Waals surface area (Å²) in [6.07, 6.45) is 3.74. The number of aromatic nitrogens is 2. The SMILES string of the molecule is CC(C)CNC(=O)N1C[C@@H](N)[C@H](c2cn(C)cn2)C1. The molecule has 1 aromatic heterocycles. The minimum atomic E-state index is -0.0419. The van der Waals surface area contributed by atoms with Gasteiger partial charge in [-0.05, 0) is 5.92 Å². The molecule has 1 aliphatic rings. The molecule has 19 heavy (non-hydrogen) atoms. The van der Waals surface area contributed by atoms with E-state index in [-0.39, 0.29) is 18.0 Å². The van der Waals surface area contributed by atoms with E-state index < -0.39 is 0 Å². The first-order chi connectivity index (χ1) is 8.97. The highest BCUT2D eigenvalue weighted by molar-refractivity contribution is 5.74. The highest BCUT2D eigenvalue weighted by Gasteiger charge is 2.35. The third kappa shape index (κ3) is 3.26. The van der Waals surface area contributed by atoms with Crippen LogP contribution in [0.2, 0.25) is 0 Å². The van der Waals surface area contributed by atoms with Gasteiger partial charge < -0.3 is 20.5 Å². The third-order valence-electron chi connectivity index (χ3n) is 3.42. The molecular weight excluding hydrogens is 242 g/mol. The Kier molecular flexibility index (Phi) is 4.09. The Hall–Kier alpha value is -1.56. The van der Waals surface area contributed by atoms with Crippen molar-refractivity contribution in [3.8, 4) is 0 Å². The van der Waals surface area contributed by atoms with Crippen LogP contribution in [0, 0.1) is 5.92 Å². The molecule has 0 saturated carbocycles. The van der Waals surface area contributed by atoms with Gasteiger partial charge in [-0.25, -0.2) is 9.78 Å². The number of imidazole rings is 1. The van der Waals surface area contributed by atoms with Crippen molar-refractivity contribution in [1.82, 2.24) is 19.8 Å². The van der Waals surface area contributed by atoms with Crippen LogP contribution in [-0.2, 0) is 7.05 Å². The second kappa shape index (κ2) is 5.61. The molecule has 2 atom stereocenters. The van der Waals surface area contributed by atoms with Gasteiger partial charge in [0.25, 0.3) is 0 Å². The van der Waals surface area contributed by atoms with Crippen molar-refractivity contribution in [3.05, 3.63) is 18.2 Å². The molecule has 2 heterocycles. The van der Waals surface area contributed by atoms with E-state index in [2.05, 4.69) is 24.1 Å². The monoisotopic (exact) mass is 265 g/mol. The summed E-state index contributed by atoms with van der Waals surface area (Å²) in [7, 11) is 1.93. The molecule has 2 rings (SSSR count). The van der Waals surface area contributed by atoms with Crippen LogP contribution in [-0.4, -0.2) is 46.2 Å². The zero-order chi connectivity index (χ0) is 14.0.